The van der Waals surface area contributed by atoms with E-state index in [1.54, 1.807) is 18.9 Å². The van der Waals surface area contributed by atoms with Crippen LogP contribution in [0.1, 0.15) is 29.6 Å². The van der Waals surface area contributed by atoms with Crippen LogP contribution in [0, 0.1) is 0 Å². The quantitative estimate of drug-likeness (QED) is 0.333. The Hall–Kier alpha value is -3.78. The van der Waals surface area contributed by atoms with E-state index in [4.69, 9.17) is 14.0 Å². The number of methoxy groups -OCH3 is 1. The largest absolute Gasteiger partial charge is 0.497 e. The van der Waals surface area contributed by atoms with Gasteiger partial charge in [-0.15, -0.1) is 0 Å². The number of benzene rings is 3. The number of carbonyl (C=O) groups is 1. The smallest absolute Gasteiger partial charge is 0.264 e. The number of ether oxygens (including phenoxy) is 2. The molecule has 0 N–H and O–H groups in total. The molecule has 1 aromatic heterocycles. The SMILES string of the molecule is CCCN1C(=O)c2ccccc2Sc2cc(-c3noc(COc4ccc(OC)cc4)n3)ccc21. The summed E-state index contributed by atoms with van der Waals surface area (Å²) in [6.07, 6.45) is 0.863. The number of anilines is 1. The lowest BCUT2D eigenvalue weighted by Crippen LogP contribution is -2.31. The van der Waals surface area contributed by atoms with Crippen LogP contribution in [-0.2, 0) is 6.61 Å². The minimum absolute atomic E-state index is 0.0222. The van der Waals surface area contributed by atoms with E-state index < -0.39 is 0 Å². The molecule has 1 aliphatic heterocycles. The molecule has 1 amide bonds. The summed E-state index contributed by atoms with van der Waals surface area (Å²) in [4.78, 5) is 21.5. The van der Waals surface area contributed by atoms with E-state index in [9.17, 15) is 4.79 Å². The maximum absolute atomic E-state index is 13.2. The van der Waals surface area contributed by atoms with E-state index in [-0.39, 0.29) is 12.5 Å². The van der Waals surface area contributed by atoms with Gasteiger partial charge in [0.15, 0.2) is 6.61 Å². The van der Waals surface area contributed by atoms with E-state index in [1.165, 1.54) is 0 Å². The zero-order valence-corrected chi connectivity index (χ0v) is 19.7. The number of amides is 1. The van der Waals surface area contributed by atoms with Crippen LogP contribution in [0.4, 0.5) is 5.69 Å². The van der Waals surface area contributed by atoms with Crippen LogP contribution >= 0.6 is 11.8 Å². The topological polar surface area (TPSA) is 77.7 Å². The summed E-state index contributed by atoms with van der Waals surface area (Å²) in [6.45, 7) is 2.88. The van der Waals surface area contributed by atoms with Crippen LogP contribution in [0.15, 0.2) is 81.0 Å². The number of rotatable bonds is 7. The van der Waals surface area contributed by atoms with Gasteiger partial charge in [0.25, 0.3) is 11.8 Å². The monoisotopic (exact) mass is 473 g/mol. The second kappa shape index (κ2) is 9.61. The molecule has 8 heteroatoms. The Balaban J connectivity index is 1.39. The molecule has 1 aliphatic rings. The number of nitrogens with zero attached hydrogens (tertiary/aromatic N) is 3. The van der Waals surface area contributed by atoms with Crippen molar-refractivity contribution in [2.45, 2.75) is 29.7 Å². The third-order valence-electron chi connectivity index (χ3n) is 5.43. The molecular formula is C26H23N3O4S. The number of hydrogen-bond donors (Lipinski definition) is 0. The van der Waals surface area contributed by atoms with Crippen LogP contribution < -0.4 is 14.4 Å². The first-order chi connectivity index (χ1) is 16.7. The first kappa shape index (κ1) is 22.0. The molecule has 4 aromatic rings. The maximum atomic E-state index is 13.2. The van der Waals surface area contributed by atoms with Crippen molar-refractivity contribution in [1.29, 1.82) is 0 Å². The van der Waals surface area contributed by atoms with Crippen molar-refractivity contribution in [2.24, 2.45) is 0 Å². The lowest BCUT2D eigenvalue weighted by Gasteiger charge is -2.22. The van der Waals surface area contributed by atoms with Crippen molar-refractivity contribution in [3.05, 3.63) is 78.2 Å². The lowest BCUT2D eigenvalue weighted by atomic mass is 10.1. The van der Waals surface area contributed by atoms with Crippen molar-refractivity contribution in [2.75, 3.05) is 18.6 Å². The van der Waals surface area contributed by atoms with E-state index in [0.717, 1.165) is 38.8 Å². The fourth-order valence-corrected chi connectivity index (χ4v) is 4.87. The summed E-state index contributed by atoms with van der Waals surface area (Å²) in [6, 6.07) is 20.9. The fourth-order valence-electron chi connectivity index (χ4n) is 3.76. The number of aromatic nitrogens is 2. The molecule has 7 nitrogen and oxygen atoms in total. The van der Waals surface area contributed by atoms with Crippen LogP contribution in [0.2, 0.25) is 0 Å². The van der Waals surface area contributed by atoms with Crippen LogP contribution in [0.25, 0.3) is 11.4 Å². The lowest BCUT2D eigenvalue weighted by molar-refractivity contribution is 0.0984. The van der Waals surface area contributed by atoms with Gasteiger partial charge in [0.1, 0.15) is 11.5 Å². The summed E-state index contributed by atoms with van der Waals surface area (Å²) in [7, 11) is 1.62. The summed E-state index contributed by atoms with van der Waals surface area (Å²) >= 11 is 1.58. The van der Waals surface area contributed by atoms with Crippen LogP contribution in [-0.4, -0.2) is 29.7 Å². The first-order valence-corrected chi connectivity index (χ1v) is 11.8. The Morgan fingerprint density at radius 3 is 2.59 bits per heavy atom. The predicted octanol–water partition coefficient (Wildman–Crippen LogP) is 5.85. The molecule has 2 heterocycles. The van der Waals surface area contributed by atoms with Gasteiger partial charge in [-0.25, -0.2) is 0 Å². The van der Waals surface area contributed by atoms with Crippen molar-refractivity contribution < 1.29 is 18.8 Å². The van der Waals surface area contributed by atoms with Gasteiger partial charge in [-0.3, -0.25) is 4.79 Å². The van der Waals surface area contributed by atoms with Gasteiger partial charge in [-0.1, -0.05) is 36.0 Å². The average molecular weight is 474 g/mol. The Morgan fingerprint density at radius 1 is 1.00 bits per heavy atom. The van der Waals surface area contributed by atoms with Gasteiger partial charge < -0.3 is 18.9 Å². The Morgan fingerprint density at radius 2 is 1.79 bits per heavy atom. The van der Waals surface area contributed by atoms with Crippen molar-refractivity contribution in [3.8, 4) is 22.9 Å². The third-order valence-corrected chi connectivity index (χ3v) is 6.55. The van der Waals surface area contributed by atoms with Crippen molar-refractivity contribution in [3.63, 3.8) is 0 Å². The van der Waals surface area contributed by atoms with E-state index >= 15 is 0 Å². The highest BCUT2D eigenvalue weighted by Crippen LogP contribution is 2.42. The summed E-state index contributed by atoms with van der Waals surface area (Å²) < 4.78 is 16.3. The van der Waals surface area contributed by atoms with Crippen LogP contribution in [0.5, 0.6) is 11.5 Å². The first-order valence-electron chi connectivity index (χ1n) is 11.0. The molecular weight excluding hydrogens is 450 g/mol. The van der Waals surface area contributed by atoms with Gasteiger partial charge in [-0.05, 0) is 61.0 Å². The second-order valence-electron chi connectivity index (χ2n) is 7.71. The Kier molecular flexibility index (Phi) is 6.22. The molecule has 0 saturated carbocycles. The van der Waals surface area contributed by atoms with Crippen molar-refractivity contribution in [1.82, 2.24) is 10.1 Å². The third kappa shape index (κ3) is 4.36. The van der Waals surface area contributed by atoms with E-state index in [0.29, 0.717) is 24.0 Å². The molecule has 3 aromatic carbocycles. The highest BCUT2D eigenvalue weighted by Gasteiger charge is 2.27. The highest BCUT2D eigenvalue weighted by molar-refractivity contribution is 7.99. The van der Waals surface area contributed by atoms with Gasteiger partial charge in [0.05, 0.1) is 18.4 Å². The average Bonchev–Trinajstić information content (AvgIpc) is 3.31. The summed E-state index contributed by atoms with van der Waals surface area (Å²) in [5.74, 6) is 2.31. The second-order valence-corrected chi connectivity index (χ2v) is 8.80. The predicted molar refractivity (Wildman–Crippen MR) is 130 cm³/mol. The molecule has 172 valence electrons. The molecule has 0 radical (unpaired) electrons. The van der Waals surface area contributed by atoms with E-state index in [1.807, 2.05) is 71.6 Å². The molecule has 0 bridgehead atoms. The molecule has 0 fully saturated rings. The molecule has 0 saturated heterocycles. The fraction of sp³-hybridized carbons (Fsp3) is 0.192. The van der Waals surface area contributed by atoms with Gasteiger partial charge in [0.2, 0.25) is 5.82 Å². The number of hydrogen-bond acceptors (Lipinski definition) is 7. The molecule has 5 rings (SSSR count). The zero-order chi connectivity index (χ0) is 23.5. The summed E-state index contributed by atoms with van der Waals surface area (Å²) in [5.41, 5.74) is 2.42. The van der Waals surface area contributed by atoms with Gasteiger partial charge in [-0.2, -0.15) is 4.98 Å². The van der Waals surface area contributed by atoms with Gasteiger partial charge >= 0.3 is 0 Å². The molecule has 0 aliphatic carbocycles. The molecule has 0 spiro atoms. The Bertz CT molecular complexity index is 1320. The van der Waals surface area contributed by atoms with Crippen molar-refractivity contribution >= 4 is 23.4 Å². The summed E-state index contributed by atoms with van der Waals surface area (Å²) in [5, 5.41) is 4.14. The number of fused-ring (bicyclic) bond motifs is 2. The maximum Gasteiger partial charge on any atom is 0.264 e. The molecule has 34 heavy (non-hydrogen) atoms. The van der Waals surface area contributed by atoms with Gasteiger partial charge in [0, 0.05) is 21.9 Å². The highest BCUT2D eigenvalue weighted by atomic mass is 32.2. The normalized spacial score (nSPS) is 12.6. The van der Waals surface area contributed by atoms with E-state index in [2.05, 4.69) is 17.1 Å². The minimum Gasteiger partial charge on any atom is -0.497 e. The standard InChI is InChI=1S/C26H23N3O4S/c1-3-14-29-21-13-8-17(15-23(21)34-22-7-5-4-6-20(22)26(29)30)25-27-24(33-28-25)16-32-19-11-9-18(31-2)10-12-19/h4-13,15H,3,14,16H2,1-2H3. The minimum atomic E-state index is 0.0222. The molecule has 0 atom stereocenters. The zero-order valence-electron chi connectivity index (χ0n) is 18.9. The number of carbonyl (C=O) groups excluding carboxylic acids is 1. The molecule has 0 unspecified atom stereocenters. The Labute approximate surface area is 201 Å². The van der Waals surface area contributed by atoms with Crippen LogP contribution in [0.3, 0.4) is 0 Å².